The van der Waals surface area contributed by atoms with Gasteiger partial charge in [0, 0.05) is 29.8 Å². The first-order valence-electron chi connectivity index (χ1n) is 14.2. The molecule has 0 unspecified atom stereocenters. The van der Waals surface area contributed by atoms with Gasteiger partial charge >= 0.3 is 0 Å². The zero-order chi connectivity index (χ0) is 29.2. The lowest BCUT2D eigenvalue weighted by molar-refractivity contribution is -0.123. The summed E-state index contributed by atoms with van der Waals surface area (Å²) in [7, 11) is 0. The van der Waals surface area contributed by atoms with E-state index in [-0.39, 0.29) is 36.0 Å². The molecule has 42 heavy (non-hydrogen) atoms. The van der Waals surface area contributed by atoms with Gasteiger partial charge in [-0.3, -0.25) is 14.5 Å². The summed E-state index contributed by atoms with van der Waals surface area (Å²) in [5.74, 6) is -0.314. The summed E-state index contributed by atoms with van der Waals surface area (Å²) in [6.07, 6.45) is 1.85. The number of aromatic nitrogens is 2. The van der Waals surface area contributed by atoms with E-state index in [9.17, 15) is 9.59 Å². The zero-order valence-electron chi connectivity index (χ0n) is 23.7. The van der Waals surface area contributed by atoms with Gasteiger partial charge in [-0.05, 0) is 44.4 Å². The molecule has 4 aromatic rings. The summed E-state index contributed by atoms with van der Waals surface area (Å²) < 4.78 is 22.8. The largest absolute Gasteiger partial charge is 0.376 e. The van der Waals surface area contributed by atoms with Crippen LogP contribution in [0.25, 0.3) is 16.9 Å². The number of hydrogen-bond donors (Lipinski definition) is 1. The van der Waals surface area contributed by atoms with E-state index in [0.717, 1.165) is 35.2 Å². The molecule has 1 N–H and O–H groups in total. The van der Waals surface area contributed by atoms with Crippen LogP contribution in [0.5, 0.6) is 0 Å². The number of nitrogens with zero attached hydrogens (tertiary/aromatic N) is 3. The van der Waals surface area contributed by atoms with Gasteiger partial charge in [0.05, 0.1) is 28.5 Å². The molecule has 1 fully saturated rings. The Balaban J connectivity index is 1.55. The van der Waals surface area contributed by atoms with Gasteiger partial charge in [0.2, 0.25) is 11.8 Å². The second-order valence-corrected chi connectivity index (χ2v) is 11.9. The van der Waals surface area contributed by atoms with E-state index in [1.165, 1.54) is 22.7 Å². The predicted molar refractivity (Wildman–Crippen MR) is 164 cm³/mol. The fraction of sp³-hybridized carbons (Fsp3) is 0.303. The average molecular weight is 585 g/mol. The van der Waals surface area contributed by atoms with Crippen molar-refractivity contribution in [1.82, 2.24) is 15.1 Å². The Morgan fingerprint density at radius 3 is 2.62 bits per heavy atom. The van der Waals surface area contributed by atoms with Crippen molar-refractivity contribution in [1.29, 1.82) is 0 Å². The van der Waals surface area contributed by atoms with Crippen LogP contribution < -0.4 is 10.2 Å². The van der Waals surface area contributed by atoms with Crippen molar-refractivity contribution in [2.45, 2.75) is 38.0 Å². The molecule has 0 bridgehead atoms. The van der Waals surface area contributed by atoms with Crippen molar-refractivity contribution < 1.29 is 18.7 Å². The van der Waals surface area contributed by atoms with E-state index in [4.69, 9.17) is 9.84 Å². The second kappa shape index (κ2) is 12.1. The van der Waals surface area contributed by atoms with E-state index in [1.54, 1.807) is 22.9 Å². The topological polar surface area (TPSA) is 76.5 Å². The van der Waals surface area contributed by atoms with Crippen LogP contribution in [0.2, 0.25) is 0 Å². The maximum absolute atomic E-state index is 15.4. The number of halogens is 1. The van der Waals surface area contributed by atoms with Gasteiger partial charge in [-0.1, -0.05) is 66.2 Å². The summed E-state index contributed by atoms with van der Waals surface area (Å²) in [6, 6.07) is 22.4. The molecule has 3 heterocycles. The van der Waals surface area contributed by atoms with Crippen molar-refractivity contribution >= 4 is 29.4 Å². The van der Waals surface area contributed by atoms with Gasteiger partial charge in [-0.15, -0.1) is 11.8 Å². The molecule has 9 heteroatoms. The minimum Gasteiger partial charge on any atom is -0.376 e. The molecule has 0 aliphatic carbocycles. The predicted octanol–water partition coefficient (Wildman–Crippen LogP) is 5.76. The van der Waals surface area contributed by atoms with E-state index in [1.807, 2.05) is 56.3 Å². The van der Waals surface area contributed by atoms with Crippen molar-refractivity contribution in [3.8, 4) is 16.9 Å². The highest BCUT2D eigenvalue weighted by molar-refractivity contribution is 8.00. The number of anilines is 1. The summed E-state index contributed by atoms with van der Waals surface area (Å²) in [5.41, 5.74) is 5.51. The molecule has 3 aromatic carbocycles. The van der Waals surface area contributed by atoms with E-state index in [0.29, 0.717) is 35.8 Å². The van der Waals surface area contributed by atoms with Crippen LogP contribution in [0.3, 0.4) is 0 Å². The van der Waals surface area contributed by atoms with Gasteiger partial charge in [-0.25, -0.2) is 9.07 Å². The Kier molecular flexibility index (Phi) is 8.13. The number of nitrogens with one attached hydrogen (secondary N) is 1. The summed E-state index contributed by atoms with van der Waals surface area (Å²) in [6.45, 7) is 4.92. The number of amides is 2. The first kappa shape index (κ1) is 28.2. The minimum absolute atomic E-state index is 0.0178. The monoisotopic (exact) mass is 584 g/mol. The minimum atomic E-state index is -0.528. The molecular formula is C33H33FN4O3S. The molecule has 0 saturated carbocycles. The highest BCUT2D eigenvalue weighted by Gasteiger charge is 2.38. The smallest absolute Gasteiger partial charge is 0.240 e. The standard InChI is InChI=1S/C33H33FN4O3S/c1-21-14-15-27(22(2)17-21)38-33-30(31(36-38)23-9-4-3-5-10-23)32(25-12-6-7-13-26(25)34)42-20-29(40)37(33)19-28(39)35-18-24-11-8-16-41-24/h3-7,9-10,12-15,17,24,32H,8,11,16,18-20H2,1-2H3,(H,35,39)/t24-,32+/m1/s1. The maximum atomic E-state index is 15.4. The van der Waals surface area contributed by atoms with Crippen LogP contribution in [0.4, 0.5) is 10.2 Å². The molecule has 1 aromatic heterocycles. The Morgan fingerprint density at radius 1 is 1.10 bits per heavy atom. The summed E-state index contributed by atoms with van der Waals surface area (Å²) in [4.78, 5) is 28.7. The third-order valence-electron chi connectivity index (χ3n) is 7.76. The molecule has 2 aliphatic heterocycles. The number of benzene rings is 3. The first-order chi connectivity index (χ1) is 20.4. The molecule has 2 aliphatic rings. The number of ether oxygens (including phenoxy) is 1. The van der Waals surface area contributed by atoms with Crippen LogP contribution >= 0.6 is 11.8 Å². The normalized spacial score (nSPS) is 18.5. The average Bonchev–Trinajstić information content (AvgIpc) is 3.62. The van der Waals surface area contributed by atoms with Crippen molar-refractivity contribution in [3.63, 3.8) is 0 Å². The number of fused-ring (bicyclic) bond motifs is 1. The van der Waals surface area contributed by atoms with Crippen LogP contribution in [-0.4, -0.2) is 53.1 Å². The van der Waals surface area contributed by atoms with Gasteiger partial charge in [0.1, 0.15) is 18.2 Å². The van der Waals surface area contributed by atoms with E-state index >= 15 is 4.39 Å². The Hall–Kier alpha value is -3.95. The number of hydrogen-bond acceptors (Lipinski definition) is 5. The van der Waals surface area contributed by atoms with E-state index in [2.05, 4.69) is 11.4 Å². The molecule has 2 amide bonds. The van der Waals surface area contributed by atoms with Gasteiger partial charge in [0.25, 0.3) is 0 Å². The van der Waals surface area contributed by atoms with Gasteiger partial charge < -0.3 is 10.1 Å². The van der Waals surface area contributed by atoms with E-state index < -0.39 is 5.25 Å². The summed E-state index contributed by atoms with van der Waals surface area (Å²) >= 11 is 1.35. The molecule has 216 valence electrons. The number of carbonyl (C=O) groups excluding carboxylic acids is 2. The first-order valence-corrected chi connectivity index (χ1v) is 15.3. The molecule has 6 rings (SSSR count). The third-order valence-corrected chi connectivity index (χ3v) is 8.99. The van der Waals surface area contributed by atoms with Crippen molar-refractivity contribution in [3.05, 3.63) is 101 Å². The van der Waals surface area contributed by atoms with Crippen LogP contribution in [-0.2, 0) is 14.3 Å². The van der Waals surface area contributed by atoms with Crippen molar-refractivity contribution in [2.24, 2.45) is 0 Å². The highest BCUT2D eigenvalue weighted by Crippen LogP contribution is 2.49. The molecule has 7 nitrogen and oxygen atoms in total. The number of aryl methyl sites for hydroxylation is 2. The third kappa shape index (κ3) is 5.58. The Labute approximate surface area is 249 Å². The number of carbonyl (C=O) groups is 2. The molecule has 0 radical (unpaired) electrons. The lowest BCUT2D eigenvalue weighted by Crippen LogP contribution is -2.44. The Bertz CT molecular complexity index is 1620. The second-order valence-electron chi connectivity index (χ2n) is 10.8. The number of rotatable bonds is 7. The number of thioether (sulfide) groups is 1. The molecule has 2 atom stereocenters. The van der Waals surface area contributed by atoms with Crippen LogP contribution in [0, 0.1) is 19.7 Å². The van der Waals surface area contributed by atoms with Crippen molar-refractivity contribution in [2.75, 3.05) is 30.3 Å². The zero-order valence-corrected chi connectivity index (χ0v) is 24.5. The molecule has 0 spiro atoms. The summed E-state index contributed by atoms with van der Waals surface area (Å²) in [5, 5.41) is 7.54. The molecule has 1 saturated heterocycles. The highest BCUT2D eigenvalue weighted by atomic mass is 32.2. The molecular weight excluding hydrogens is 551 g/mol. The van der Waals surface area contributed by atoms with Gasteiger partial charge in [-0.2, -0.15) is 5.10 Å². The quantitative estimate of drug-likeness (QED) is 0.299. The fourth-order valence-corrected chi connectivity index (χ4v) is 6.92. The van der Waals surface area contributed by atoms with Crippen LogP contribution in [0.1, 0.15) is 40.3 Å². The Morgan fingerprint density at radius 2 is 1.88 bits per heavy atom. The lowest BCUT2D eigenvalue weighted by atomic mass is 9.99. The SMILES string of the molecule is Cc1ccc(-n2nc(-c3ccccc3)c3c2N(CC(=O)NC[C@H]2CCCO2)C(=O)CS[C@H]3c2ccccc2F)c(C)c1. The maximum Gasteiger partial charge on any atom is 0.240 e. The van der Waals surface area contributed by atoms with Gasteiger partial charge in [0.15, 0.2) is 0 Å². The lowest BCUT2D eigenvalue weighted by Gasteiger charge is -2.24. The fourth-order valence-electron chi connectivity index (χ4n) is 5.71. The van der Waals surface area contributed by atoms with Crippen LogP contribution in [0.15, 0.2) is 72.8 Å².